The lowest BCUT2D eigenvalue weighted by Crippen LogP contribution is -2.33. The van der Waals surface area contributed by atoms with Crippen molar-refractivity contribution in [1.82, 2.24) is 14.3 Å². The van der Waals surface area contributed by atoms with Gasteiger partial charge in [0.2, 0.25) is 0 Å². The average Bonchev–Trinajstić information content (AvgIpc) is 2.76. The van der Waals surface area contributed by atoms with Crippen LogP contribution in [-0.4, -0.2) is 27.4 Å². The minimum Gasteiger partial charge on any atom is -0.297 e. The lowest BCUT2D eigenvalue weighted by atomic mass is 10.1. The molecule has 0 spiro atoms. The largest absolute Gasteiger partial charge is 0.297 e. The summed E-state index contributed by atoms with van der Waals surface area (Å²) in [7, 11) is 0. The Bertz CT molecular complexity index is 579. The zero-order valence-corrected chi connectivity index (χ0v) is 12.5. The molecule has 3 nitrogen and oxygen atoms in total. The standard InChI is InChI=1S/C14H21N3S/c1-9(2)7-16-6-5-12-13(8-16)17-10(3)11(4)18-14(17)15-12/h9H,5-8H2,1-4H3. The number of rotatable bonds is 2. The third-order valence-corrected chi connectivity index (χ3v) is 4.83. The van der Waals surface area contributed by atoms with Crippen LogP contribution in [0.1, 0.15) is 35.8 Å². The molecule has 1 aliphatic heterocycles. The summed E-state index contributed by atoms with van der Waals surface area (Å²) in [5.74, 6) is 0.736. The van der Waals surface area contributed by atoms with Crippen LogP contribution in [0.15, 0.2) is 0 Å². The average molecular weight is 263 g/mol. The van der Waals surface area contributed by atoms with Gasteiger partial charge in [-0.25, -0.2) is 4.98 Å². The second-order valence-electron chi connectivity index (χ2n) is 5.75. The second kappa shape index (κ2) is 4.35. The molecule has 18 heavy (non-hydrogen) atoms. The fourth-order valence-electron chi connectivity index (χ4n) is 2.85. The van der Waals surface area contributed by atoms with Gasteiger partial charge in [-0.2, -0.15) is 0 Å². The molecule has 0 radical (unpaired) electrons. The maximum atomic E-state index is 4.80. The fraction of sp³-hybridized carbons (Fsp3) is 0.643. The van der Waals surface area contributed by atoms with Crippen molar-refractivity contribution < 1.29 is 0 Å². The van der Waals surface area contributed by atoms with Gasteiger partial charge in [-0.3, -0.25) is 9.30 Å². The Hall–Kier alpha value is -0.870. The first kappa shape index (κ1) is 12.2. The van der Waals surface area contributed by atoms with Crippen LogP contribution < -0.4 is 0 Å². The van der Waals surface area contributed by atoms with Gasteiger partial charge in [0.25, 0.3) is 0 Å². The lowest BCUT2D eigenvalue weighted by Gasteiger charge is -2.28. The van der Waals surface area contributed by atoms with E-state index >= 15 is 0 Å². The summed E-state index contributed by atoms with van der Waals surface area (Å²) in [4.78, 5) is 9.94. The summed E-state index contributed by atoms with van der Waals surface area (Å²) in [6, 6.07) is 0. The third kappa shape index (κ3) is 1.88. The van der Waals surface area contributed by atoms with Gasteiger partial charge in [-0.1, -0.05) is 13.8 Å². The van der Waals surface area contributed by atoms with Gasteiger partial charge < -0.3 is 0 Å². The van der Waals surface area contributed by atoms with Crippen LogP contribution in [0.3, 0.4) is 0 Å². The summed E-state index contributed by atoms with van der Waals surface area (Å²) in [6.45, 7) is 12.4. The number of nitrogens with zero attached hydrogens (tertiary/aromatic N) is 3. The number of aromatic nitrogens is 2. The first-order valence-corrected chi connectivity index (χ1v) is 7.56. The van der Waals surface area contributed by atoms with Crippen LogP contribution >= 0.6 is 11.3 Å². The summed E-state index contributed by atoms with van der Waals surface area (Å²) < 4.78 is 2.38. The quantitative estimate of drug-likeness (QED) is 0.830. The molecule has 2 aromatic rings. The van der Waals surface area contributed by atoms with Crippen molar-refractivity contribution in [1.29, 1.82) is 0 Å². The highest BCUT2D eigenvalue weighted by molar-refractivity contribution is 7.17. The predicted molar refractivity (Wildman–Crippen MR) is 76.4 cm³/mol. The molecule has 0 N–H and O–H groups in total. The van der Waals surface area contributed by atoms with E-state index in [2.05, 4.69) is 37.0 Å². The molecule has 0 atom stereocenters. The minimum absolute atomic E-state index is 0.736. The Morgan fingerprint density at radius 2 is 2.11 bits per heavy atom. The highest BCUT2D eigenvalue weighted by atomic mass is 32.1. The monoisotopic (exact) mass is 263 g/mol. The molecule has 3 rings (SSSR count). The summed E-state index contributed by atoms with van der Waals surface area (Å²) >= 11 is 1.82. The van der Waals surface area contributed by atoms with E-state index in [0.29, 0.717) is 0 Å². The van der Waals surface area contributed by atoms with E-state index in [9.17, 15) is 0 Å². The van der Waals surface area contributed by atoms with E-state index < -0.39 is 0 Å². The van der Waals surface area contributed by atoms with Crippen LogP contribution in [0.4, 0.5) is 0 Å². The zero-order valence-electron chi connectivity index (χ0n) is 11.7. The normalized spacial score (nSPS) is 16.7. The fourth-order valence-corrected chi connectivity index (χ4v) is 3.85. The van der Waals surface area contributed by atoms with Crippen LogP contribution in [-0.2, 0) is 13.0 Å². The smallest absolute Gasteiger partial charge is 0.194 e. The molecule has 0 amide bonds. The lowest BCUT2D eigenvalue weighted by molar-refractivity contribution is 0.222. The Kier molecular flexibility index (Phi) is 2.94. The van der Waals surface area contributed by atoms with Gasteiger partial charge in [0.1, 0.15) is 0 Å². The van der Waals surface area contributed by atoms with Crippen molar-refractivity contribution in [3.8, 4) is 0 Å². The molecule has 4 heteroatoms. The van der Waals surface area contributed by atoms with Gasteiger partial charge in [-0.15, -0.1) is 11.3 Å². The van der Waals surface area contributed by atoms with Crippen molar-refractivity contribution in [2.24, 2.45) is 5.92 Å². The van der Waals surface area contributed by atoms with Gasteiger partial charge in [0.15, 0.2) is 4.96 Å². The topological polar surface area (TPSA) is 20.5 Å². The van der Waals surface area contributed by atoms with Crippen molar-refractivity contribution >= 4 is 16.3 Å². The molecule has 0 fully saturated rings. The molecule has 0 aliphatic carbocycles. The van der Waals surface area contributed by atoms with E-state index in [1.807, 2.05) is 11.3 Å². The molecule has 1 aliphatic rings. The van der Waals surface area contributed by atoms with Crippen molar-refractivity contribution in [2.45, 2.75) is 40.7 Å². The van der Waals surface area contributed by atoms with Gasteiger partial charge in [0.05, 0.1) is 11.4 Å². The van der Waals surface area contributed by atoms with Gasteiger partial charge in [0, 0.05) is 36.6 Å². The van der Waals surface area contributed by atoms with Crippen molar-refractivity contribution in [3.05, 3.63) is 22.0 Å². The number of imidazole rings is 1. The number of hydrogen-bond acceptors (Lipinski definition) is 3. The van der Waals surface area contributed by atoms with Crippen molar-refractivity contribution in [3.63, 3.8) is 0 Å². The van der Waals surface area contributed by atoms with E-state index in [1.165, 1.54) is 33.5 Å². The maximum Gasteiger partial charge on any atom is 0.194 e. The molecule has 2 aromatic heterocycles. The Balaban J connectivity index is 2.00. The number of aryl methyl sites for hydroxylation is 2. The molecule has 0 unspecified atom stereocenters. The van der Waals surface area contributed by atoms with Crippen LogP contribution in [0.5, 0.6) is 0 Å². The van der Waals surface area contributed by atoms with Gasteiger partial charge in [-0.05, 0) is 19.8 Å². The van der Waals surface area contributed by atoms with E-state index in [0.717, 1.165) is 25.4 Å². The first-order chi connectivity index (χ1) is 8.56. The molecule has 0 bridgehead atoms. The van der Waals surface area contributed by atoms with Crippen LogP contribution in [0.25, 0.3) is 4.96 Å². The first-order valence-electron chi connectivity index (χ1n) is 6.75. The molecular weight excluding hydrogens is 242 g/mol. The second-order valence-corrected chi connectivity index (χ2v) is 6.93. The molecule has 98 valence electrons. The molecule has 0 saturated heterocycles. The molecule has 0 aromatic carbocycles. The van der Waals surface area contributed by atoms with Crippen LogP contribution in [0.2, 0.25) is 0 Å². The van der Waals surface area contributed by atoms with E-state index in [-0.39, 0.29) is 0 Å². The molecule has 3 heterocycles. The Labute approximate surface area is 112 Å². The predicted octanol–water partition coefficient (Wildman–Crippen LogP) is 3.03. The number of fused-ring (bicyclic) bond motifs is 3. The van der Waals surface area contributed by atoms with Crippen molar-refractivity contribution in [2.75, 3.05) is 13.1 Å². The summed E-state index contributed by atoms with van der Waals surface area (Å²) in [5, 5.41) is 0. The highest BCUT2D eigenvalue weighted by Gasteiger charge is 2.23. The summed E-state index contributed by atoms with van der Waals surface area (Å²) in [5.41, 5.74) is 4.12. The summed E-state index contributed by atoms with van der Waals surface area (Å²) in [6.07, 6.45) is 1.11. The molecular formula is C14H21N3S. The van der Waals surface area contributed by atoms with Crippen LogP contribution in [0, 0.1) is 19.8 Å². The highest BCUT2D eigenvalue weighted by Crippen LogP contribution is 2.28. The van der Waals surface area contributed by atoms with E-state index in [1.54, 1.807) is 0 Å². The van der Waals surface area contributed by atoms with E-state index in [4.69, 9.17) is 4.98 Å². The maximum absolute atomic E-state index is 4.80. The minimum atomic E-state index is 0.736. The number of thiazole rings is 1. The number of hydrogen-bond donors (Lipinski definition) is 0. The molecule has 0 saturated carbocycles. The SMILES string of the molecule is Cc1sc2nc3c(n2c1C)CN(CC(C)C)CC3. The third-order valence-electron chi connectivity index (χ3n) is 3.78. The Morgan fingerprint density at radius 1 is 1.33 bits per heavy atom. The van der Waals surface area contributed by atoms with Gasteiger partial charge >= 0.3 is 0 Å². The zero-order chi connectivity index (χ0) is 12.9. The Morgan fingerprint density at radius 3 is 2.83 bits per heavy atom.